The van der Waals surface area contributed by atoms with E-state index in [2.05, 4.69) is 5.32 Å². The largest absolute Gasteiger partial charge is 0.495 e. The van der Waals surface area contributed by atoms with Gasteiger partial charge in [-0.25, -0.2) is 0 Å². The Bertz CT molecular complexity index is 421. The summed E-state index contributed by atoms with van der Waals surface area (Å²) in [5.41, 5.74) is 7.53. The van der Waals surface area contributed by atoms with Crippen LogP contribution in [0, 0.1) is 6.92 Å². The number of anilines is 1. The maximum Gasteiger partial charge on any atom is 0.241 e. The number of carbonyl (C=O) groups excluding carboxylic acids is 1. The molecular formula is C14H22N2O3. The molecule has 1 aromatic carbocycles. The van der Waals surface area contributed by atoms with Gasteiger partial charge in [-0.1, -0.05) is 6.07 Å². The first-order valence-corrected chi connectivity index (χ1v) is 6.28. The van der Waals surface area contributed by atoms with Gasteiger partial charge in [0.1, 0.15) is 5.75 Å². The average molecular weight is 266 g/mol. The number of ether oxygens (including phenoxy) is 2. The van der Waals surface area contributed by atoms with Gasteiger partial charge in [0.15, 0.2) is 0 Å². The highest BCUT2D eigenvalue weighted by atomic mass is 16.5. The van der Waals surface area contributed by atoms with Gasteiger partial charge in [-0.2, -0.15) is 0 Å². The van der Waals surface area contributed by atoms with Crippen LogP contribution in [0.25, 0.3) is 0 Å². The van der Waals surface area contributed by atoms with Crippen LogP contribution in [0.5, 0.6) is 5.75 Å². The van der Waals surface area contributed by atoms with Gasteiger partial charge in [0.05, 0.1) is 18.8 Å². The summed E-state index contributed by atoms with van der Waals surface area (Å²) in [6, 6.07) is 5.05. The van der Waals surface area contributed by atoms with Crippen LogP contribution < -0.4 is 15.8 Å². The van der Waals surface area contributed by atoms with Crippen LogP contribution in [0.15, 0.2) is 18.2 Å². The zero-order valence-electron chi connectivity index (χ0n) is 11.7. The Morgan fingerprint density at radius 2 is 2.16 bits per heavy atom. The molecule has 0 fully saturated rings. The number of hydrogen-bond donors (Lipinski definition) is 2. The minimum atomic E-state index is -0.541. The molecule has 19 heavy (non-hydrogen) atoms. The predicted molar refractivity (Wildman–Crippen MR) is 75.4 cm³/mol. The third-order valence-electron chi connectivity index (χ3n) is 2.82. The van der Waals surface area contributed by atoms with E-state index in [0.717, 1.165) is 12.0 Å². The molecule has 0 saturated heterocycles. The summed E-state index contributed by atoms with van der Waals surface area (Å²) in [6.07, 6.45) is 1.35. The SMILES string of the molecule is COCCCC(N)C(=O)Nc1ccc(C)cc1OC. The van der Waals surface area contributed by atoms with Crippen molar-refractivity contribution in [1.82, 2.24) is 0 Å². The second kappa shape index (κ2) is 7.76. The minimum absolute atomic E-state index is 0.210. The number of amides is 1. The summed E-state index contributed by atoms with van der Waals surface area (Å²) in [5.74, 6) is 0.427. The monoisotopic (exact) mass is 266 g/mol. The Morgan fingerprint density at radius 3 is 2.79 bits per heavy atom. The predicted octanol–water partition coefficient (Wildman–Crippen LogP) is 1.70. The first-order chi connectivity index (χ1) is 9.08. The third kappa shape index (κ3) is 4.89. The van der Waals surface area contributed by atoms with Crippen molar-refractivity contribution >= 4 is 11.6 Å². The van der Waals surface area contributed by atoms with E-state index in [4.69, 9.17) is 15.2 Å². The van der Waals surface area contributed by atoms with Crippen molar-refractivity contribution in [3.63, 3.8) is 0 Å². The number of nitrogens with two attached hydrogens (primary N) is 1. The molecule has 1 amide bonds. The van der Waals surface area contributed by atoms with E-state index in [-0.39, 0.29) is 5.91 Å². The summed E-state index contributed by atoms with van der Waals surface area (Å²) in [4.78, 5) is 11.9. The second-order valence-corrected chi connectivity index (χ2v) is 4.43. The van der Waals surface area contributed by atoms with E-state index >= 15 is 0 Å². The quantitative estimate of drug-likeness (QED) is 0.737. The topological polar surface area (TPSA) is 73.6 Å². The lowest BCUT2D eigenvalue weighted by Crippen LogP contribution is -2.35. The molecule has 5 nitrogen and oxygen atoms in total. The van der Waals surface area contributed by atoms with Crippen molar-refractivity contribution in [2.75, 3.05) is 26.1 Å². The fraction of sp³-hybridized carbons (Fsp3) is 0.500. The second-order valence-electron chi connectivity index (χ2n) is 4.43. The Morgan fingerprint density at radius 1 is 1.42 bits per heavy atom. The Kier molecular flexibility index (Phi) is 6.32. The van der Waals surface area contributed by atoms with Gasteiger partial charge in [-0.05, 0) is 37.5 Å². The molecule has 1 atom stereocenters. The van der Waals surface area contributed by atoms with Crippen LogP contribution in [0.2, 0.25) is 0 Å². The molecule has 1 unspecified atom stereocenters. The number of nitrogens with one attached hydrogen (secondary N) is 1. The lowest BCUT2D eigenvalue weighted by atomic mass is 10.1. The number of rotatable bonds is 7. The maximum absolute atomic E-state index is 11.9. The van der Waals surface area contributed by atoms with Crippen molar-refractivity contribution < 1.29 is 14.3 Å². The van der Waals surface area contributed by atoms with Crippen LogP contribution in [-0.2, 0) is 9.53 Å². The number of carbonyl (C=O) groups is 1. The third-order valence-corrected chi connectivity index (χ3v) is 2.82. The number of aryl methyl sites for hydroxylation is 1. The number of methoxy groups -OCH3 is 2. The van der Waals surface area contributed by atoms with E-state index in [1.165, 1.54) is 0 Å². The molecule has 1 rings (SSSR count). The van der Waals surface area contributed by atoms with E-state index < -0.39 is 6.04 Å². The van der Waals surface area contributed by atoms with Crippen molar-refractivity contribution in [1.29, 1.82) is 0 Å². The Hall–Kier alpha value is -1.59. The Balaban J connectivity index is 2.61. The van der Waals surface area contributed by atoms with Gasteiger partial charge in [0.2, 0.25) is 5.91 Å². The standard InChI is InChI=1S/C14H22N2O3/c1-10-6-7-12(13(9-10)19-3)16-14(17)11(15)5-4-8-18-2/h6-7,9,11H,4-5,8,15H2,1-3H3,(H,16,17). The molecule has 0 aliphatic carbocycles. The highest BCUT2D eigenvalue weighted by Gasteiger charge is 2.15. The molecule has 3 N–H and O–H groups in total. The molecule has 0 saturated carbocycles. The Labute approximate surface area is 114 Å². The summed E-state index contributed by atoms with van der Waals surface area (Å²) < 4.78 is 10.2. The van der Waals surface area contributed by atoms with Gasteiger partial charge < -0.3 is 20.5 Å². The lowest BCUT2D eigenvalue weighted by molar-refractivity contribution is -0.117. The molecule has 1 aromatic rings. The highest BCUT2D eigenvalue weighted by molar-refractivity contribution is 5.95. The minimum Gasteiger partial charge on any atom is -0.495 e. The van der Waals surface area contributed by atoms with Gasteiger partial charge in [-0.15, -0.1) is 0 Å². The van der Waals surface area contributed by atoms with Gasteiger partial charge in [0.25, 0.3) is 0 Å². The molecule has 0 aliphatic heterocycles. The zero-order chi connectivity index (χ0) is 14.3. The first kappa shape index (κ1) is 15.5. The molecule has 0 bridgehead atoms. The van der Waals surface area contributed by atoms with E-state index in [1.54, 1.807) is 14.2 Å². The maximum atomic E-state index is 11.9. The summed E-state index contributed by atoms with van der Waals surface area (Å²) in [5, 5.41) is 2.79. The molecule has 0 aromatic heterocycles. The molecular weight excluding hydrogens is 244 g/mol. The fourth-order valence-corrected chi connectivity index (χ4v) is 1.71. The van der Waals surface area contributed by atoms with E-state index in [1.807, 2.05) is 25.1 Å². The van der Waals surface area contributed by atoms with Crippen LogP contribution in [-0.4, -0.2) is 32.8 Å². The van der Waals surface area contributed by atoms with Crippen LogP contribution in [0.1, 0.15) is 18.4 Å². The first-order valence-electron chi connectivity index (χ1n) is 6.28. The summed E-state index contributed by atoms with van der Waals surface area (Å²) in [6.45, 7) is 2.57. The summed E-state index contributed by atoms with van der Waals surface area (Å²) in [7, 11) is 3.20. The van der Waals surface area contributed by atoms with Gasteiger partial charge >= 0.3 is 0 Å². The van der Waals surface area contributed by atoms with Crippen LogP contribution in [0.4, 0.5) is 5.69 Å². The number of hydrogen-bond acceptors (Lipinski definition) is 4. The zero-order valence-corrected chi connectivity index (χ0v) is 11.7. The normalized spacial score (nSPS) is 12.0. The molecule has 0 heterocycles. The van der Waals surface area contributed by atoms with Crippen LogP contribution >= 0.6 is 0 Å². The fourth-order valence-electron chi connectivity index (χ4n) is 1.71. The van der Waals surface area contributed by atoms with Crippen molar-refractivity contribution in [3.8, 4) is 5.75 Å². The van der Waals surface area contributed by atoms with Gasteiger partial charge in [0, 0.05) is 13.7 Å². The number of benzene rings is 1. The van der Waals surface area contributed by atoms with E-state index in [9.17, 15) is 4.79 Å². The van der Waals surface area contributed by atoms with E-state index in [0.29, 0.717) is 24.5 Å². The van der Waals surface area contributed by atoms with Crippen molar-refractivity contribution in [3.05, 3.63) is 23.8 Å². The van der Waals surface area contributed by atoms with Crippen LogP contribution in [0.3, 0.4) is 0 Å². The van der Waals surface area contributed by atoms with Crippen molar-refractivity contribution in [2.24, 2.45) is 5.73 Å². The van der Waals surface area contributed by atoms with Gasteiger partial charge in [-0.3, -0.25) is 4.79 Å². The van der Waals surface area contributed by atoms with Crippen molar-refractivity contribution in [2.45, 2.75) is 25.8 Å². The molecule has 0 spiro atoms. The summed E-state index contributed by atoms with van der Waals surface area (Å²) >= 11 is 0. The highest BCUT2D eigenvalue weighted by Crippen LogP contribution is 2.25. The molecule has 0 radical (unpaired) electrons. The molecule has 0 aliphatic rings. The lowest BCUT2D eigenvalue weighted by Gasteiger charge is -2.14. The smallest absolute Gasteiger partial charge is 0.241 e. The molecule has 5 heteroatoms. The molecule has 106 valence electrons. The average Bonchev–Trinajstić information content (AvgIpc) is 2.40.